The number of benzene rings is 1. The molecule has 0 amide bonds. The van der Waals surface area contributed by atoms with Crippen molar-refractivity contribution < 1.29 is 4.74 Å². The molecule has 0 aliphatic carbocycles. The summed E-state index contributed by atoms with van der Waals surface area (Å²) in [5.41, 5.74) is 2.16. The molecule has 0 N–H and O–H groups in total. The van der Waals surface area contributed by atoms with Gasteiger partial charge < -0.3 is 9.64 Å². The van der Waals surface area contributed by atoms with Crippen LogP contribution in [0.25, 0.3) is 11.0 Å². The average Bonchev–Trinajstić information content (AvgIpc) is 3.22. The SMILES string of the molecule is COc1ccc([C@@H]2CCCN2c2ncnc3c2cnn3C)cc1. The van der Waals surface area contributed by atoms with Crippen molar-refractivity contribution in [2.75, 3.05) is 18.6 Å². The van der Waals surface area contributed by atoms with Crippen molar-refractivity contribution in [1.29, 1.82) is 0 Å². The molecule has 23 heavy (non-hydrogen) atoms. The van der Waals surface area contributed by atoms with Crippen molar-refractivity contribution in [1.82, 2.24) is 19.7 Å². The Labute approximate surface area is 134 Å². The molecule has 1 fully saturated rings. The molecule has 1 atom stereocenters. The van der Waals surface area contributed by atoms with Gasteiger partial charge in [0.05, 0.1) is 24.7 Å². The van der Waals surface area contributed by atoms with E-state index in [-0.39, 0.29) is 0 Å². The summed E-state index contributed by atoms with van der Waals surface area (Å²) in [6.07, 6.45) is 5.76. The van der Waals surface area contributed by atoms with Crippen molar-refractivity contribution in [3.8, 4) is 5.75 Å². The number of nitrogens with zero attached hydrogens (tertiary/aromatic N) is 5. The molecule has 1 aliphatic rings. The number of fused-ring (bicyclic) bond motifs is 1. The van der Waals surface area contributed by atoms with E-state index >= 15 is 0 Å². The second-order valence-corrected chi connectivity index (χ2v) is 5.83. The van der Waals surface area contributed by atoms with E-state index in [4.69, 9.17) is 4.74 Å². The van der Waals surface area contributed by atoms with Crippen molar-refractivity contribution in [3.63, 3.8) is 0 Å². The molecule has 1 aromatic carbocycles. The first-order valence-corrected chi connectivity index (χ1v) is 7.81. The highest BCUT2D eigenvalue weighted by Gasteiger charge is 2.29. The van der Waals surface area contributed by atoms with Gasteiger partial charge in [0.2, 0.25) is 0 Å². The van der Waals surface area contributed by atoms with Crippen molar-refractivity contribution in [3.05, 3.63) is 42.4 Å². The zero-order valence-corrected chi connectivity index (χ0v) is 13.3. The first-order valence-electron chi connectivity index (χ1n) is 7.81. The zero-order valence-electron chi connectivity index (χ0n) is 13.3. The van der Waals surface area contributed by atoms with Crippen LogP contribution in [0.4, 0.5) is 5.82 Å². The highest BCUT2D eigenvalue weighted by atomic mass is 16.5. The Bertz CT molecular complexity index is 827. The van der Waals surface area contributed by atoms with E-state index < -0.39 is 0 Å². The van der Waals surface area contributed by atoms with Crippen LogP contribution in [0.5, 0.6) is 5.75 Å². The van der Waals surface area contributed by atoms with Crippen LogP contribution >= 0.6 is 0 Å². The minimum absolute atomic E-state index is 0.333. The number of anilines is 1. The topological polar surface area (TPSA) is 56.1 Å². The number of hydrogen-bond donors (Lipinski definition) is 0. The Hall–Kier alpha value is -2.63. The molecule has 0 spiro atoms. The van der Waals surface area contributed by atoms with Crippen LogP contribution in [0, 0.1) is 0 Å². The standard InChI is InChI=1S/C17H19N5O/c1-21-16-14(10-20-21)17(19-11-18-16)22-9-3-4-15(22)12-5-7-13(23-2)8-6-12/h5-8,10-11,15H,3-4,9H2,1-2H3/t15-/m0/s1. The van der Waals surface area contributed by atoms with Crippen LogP contribution in [0.1, 0.15) is 24.4 Å². The number of ether oxygens (including phenoxy) is 1. The summed E-state index contributed by atoms with van der Waals surface area (Å²) in [4.78, 5) is 11.3. The van der Waals surface area contributed by atoms with Gasteiger partial charge in [0, 0.05) is 13.6 Å². The third-order valence-electron chi connectivity index (χ3n) is 4.53. The fraction of sp³-hybridized carbons (Fsp3) is 0.353. The molecular weight excluding hydrogens is 290 g/mol. The third kappa shape index (κ3) is 2.30. The highest BCUT2D eigenvalue weighted by Crippen LogP contribution is 2.37. The zero-order chi connectivity index (χ0) is 15.8. The van der Waals surface area contributed by atoms with E-state index in [0.29, 0.717) is 6.04 Å². The van der Waals surface area contributed by atoms with Gasteiger partial charge in [-0.05, 0) is 30.5 Å². The van der Waals surface area contributed by atoms with Crippen LogP contribution in [-0.4, -0.2) is 33.4 Å². The minimum Gasteiger partial charge on any atom is -0.497 e. The molecule has 0 unspecified atom stereocenters. The van der Waals surface area contributed by atoms with E-state index in [0.717, 1.165) is 42.0 Å². The monoisotopic (exact) mass is 309 g/mol. The van der Waals surface area contributed by atoms with E-state index in [1.54, 1.807) is 18.1 Å². The molecule has 6 nitrogen and oxygen atoms in total. The Balaban J connectivity index is 1.74. The molecule has 2 aromatic heterocycles. The van der Waals surface area contributed by atoms with Crippen LogP contribution in [0.3, 0.4) is 0 Å². The van der Waals surface area contributed by atoms with Gasteiger partial charge in [-0.1, -0.05) is 12.1 Å². The van der Waals surface area contributed by atoms with E-state index in [2.05, 4.69) is 32.1 Å². The Morgan fingerprint density at radius 1 is 1.17 bits per heavy atom. The van der Waals surface area contributed by atoms with Gasteiger partial charge in [0.25, 0.3) is 0 Å². The van der Waals surface area contributed by atoms with Crippen molar-refractivity contribution >= 4 is 16.9 Å². The highest BCUT2D eigenvalue weighted by molar-refractivity contribution is 5.87. The molecule has 4 rings (SSSR count). The maximum atomic E-state index is 5.26. The van der Waals surface area contributed by atoms with Crippen molar-refractivity contribution in [2.24, 2.45) is 7.05 Å². The lowest BCUT2D eigenvalue weighted by molar-refractivity contribution is 0.414. The number of aromatic nitrogens is 4. The summed E-state index contributed by atoms with van der Waals surface area (Å²) < 4.78 is 7.05. The molecule has 1 aliphatic heterocycles. The van der Waals surface area contributed by atoms with E-state index in [9.17, 15) is 0 Å². The first-order chi connectivity index (χ1) is 11.3. The van der Waals surface area contributed by atoms with E-state index in [1.807, 2.05) is 25.4 Å². The summed E-state index contributed by atoms with van der Waals surface area (Å²) in [6, 6.07) is 8.66. The van der Waals surface area contributed by atoms with Gasteiger partial charge in [-0.2, -0.15) is 5.10 Å². The second-order valence-electron chi connectivity index (χ2n) is 5.83. The van der Waals surface area contributed by atoms with Gasteiger partial charge in [-0.25, -0.2) is 9.97 Å². The quantitative estimate of drug-likeness (QED) is 0.744. The third-order valence-corrected chi connectivity index (χ3v) is 4.53. The number of hydrogen-bond acceptors (Lipinski definition) is 5. The Morgan fingerprint density at radius 3 is 2.78 bits per heavy atom. The van der Waals surface area contributed by atoms with Gasteiger partial charge in [-0.3, -0.25) is 4.68 Å². The molecule has 0 saturated carbocycles. The molecule has 3 aromatic rings. The lowest BCUT2D eigenvalue weighted by Gasteiger charge is -2.26. The minimum atomic E-state index is 0.333. The summed E-state index contributed by atoms with van der Waals surface area (Å²) in [5, 5.41) is 5.33. The molecule has 1 saturated heterocycles. The first kappa shape index (κ1) is 14.0. The molecular formula is C17H19N5O. The number of methoxy groups -OCH3 is 1. The van der Waals surface area contributed by atoms with Gasteiger partial charge in [0.15, 0.2) is 5.65 Å². The van der Waals surface area contributed by atoms with E-state index in [1.165, 1.54) is 5.56 Å². The lowest BCUT2D eigenvalue weighted by atomic mass is 10.0. The fourth-order valence-corrected chi connectivity index (χ4v) is 3.37. The maximum absolute atomic E-state index is 5.26. The van der Waals surface area contributed by atoms with Gasteiger partial charge in [-0.15, -0.1) is 0 Å². The van der Waals surface area contributed by atoms with Gasteiger partial charge in [0.1, 0.15) is 17.9 Å². The number of rotatable bonds is 3. The summed E-state index contributed by atoms with van der Waals surface area (Å²) >= 11 is 0. The van der Waals surface area contributed by atoms with Gasteiger partial charge >= 0.3 is 0 Å². The van der Waals surface area contributed by atoms with Crippen LogP contribution in [0.15, 0.2) is 36.8 Å². The molecule has 0 radical (unpaired) electrons. The largest absolute Gasteiger partial charge is 0.497 e. The predicted molar refractivity (Wildman–Crippen MR) is 88.6 cm³/mol. The summed E-state index contributed by atoms with van der Waals surface area (Å²) in [7, 11) is 3.60. The lowest BCUT2D eigenvalue weighted by Crippen LogP contribution is -2.23. The van der Waals surface area contributed by atoms with Crippen molar-refractivity contribution in [2.45, 2.75) is 18.9 Å². The molecule has 0 bridgehead atoms. The second kappa shape index (κ2) is 5.53. The van der Waals surface area contributed by atoms with Crippen LogP contribution < -0.4 is 9.64 Å². The summed E-state index contributed by atoms with van der Waals surface area (Å²) in [6.45, 7) is 0.998. The number of aryl methyl sites for hydroxylation is 1. The molecule has 6 heteroatoms. The Morgan fingerprint density at radius 2 is 2.00 bits per heavy atom. The van der Waals surface area contributed by atoms with Crippen LogP contribution in [0.2, 0.25) is 0 Å². The summed E-state index contributed by atoms with van der Waals surface area (Å²) in [5.74, 6) is 1.86. The smallest absolute Gasteiger partial charge is 0.163 e. The molecule has 118 valence electrons. The Kier molecular flexibility index (Phi) is 3.37. The normalized spacial score (nSPS) is 17.8. The average molecular weight is 309 g/mol. The maximum Gasteiger partial charge on any atom is 0.163 e. The predicted octanol–water partition coefficient (Wildman–Crippen LogP) is 2.71. The van der Waals surface area contributed by atoms with Crippen LogP contribution in [-0.2, 0) is 7.05 Å². The fourth-order valence-electron chi connectivity index (χ4n) is 3.37. The molecule has 3 heterocycles.